The zero-order valence-corrected chi connectivity index (χ0v) is 14.5. The zero-order chi connectivity index (χ0) is 18.8. The fraction of sp³-hybridized carbons (Fsp3) is 0.158. The third-order valence-electron chi connectivity index (χ3n) is 3.79. The second kappa shape index (κ2) is 7.25. The Morgan fingerprint density at radius 3 is 2.38 bits per heavy atom. The Balaban J connectivity index is 1.95. The van der Waals surface area contributed by atoms with Crippen molar-refractivity contribution in [3.05, 3.63) is 64.7 Å². The molecule has 0 radical (unpaired) electrons. The number of amides is 2. The van der Waals surface area contributed by atoms with Crippen LogP contribution in [0, 0.1) is 11.6 Å². The van der Waals surface area contributed by atoms with E-state index in [2.05, 4.69) is 0 Å². The van der Waals surface area contributed by atoms with E-state index < -0.39 is 29.1 Å². The van der Waals surface area contributed by atoms with E-state index in [0.29, 0.717) is 22.8 Å². The minimum Gasteiger partial charge on any atom is -0.494 e. The van der Waals surface area contributed by atoms with Crippen LogP contribution in [0.2, 0.25) is 0 Å². The first-order valence-corrected chi connectivity index (χ1v) is 8.28. The van der Waals surface area contributed by atoms with Gasteiger partial charge in [-0.15, -0.1) is 0 Å². The van der Waals surface area contributed by atoms with E-state index in [-0.39, 0.29) is 10.6 Å². The first-order chi connectivity index (χ1) is 12.4. The first-order valence-electron chi connectivity index (χ1n) is 7.91. The van der Waals surface area contributed by atoms with E-state index in [1.165, 1.54) is 0 Å². The summed E-state index contributed by atoms with van der Waals surface area (Å²) in [4.78, 5) is 25.6. The molecule has 134 valence electrons. The van der Waals surface area contributed by atoms with Gasteiger partial charge < -0.3 is 4.74 Å². The second-order valence-electron chi connectivity index (χ2n) is 5.60. The van der Waals surface area contributed by atoms with Gasteiger partial charge in [0.05, 0.1) is 17.9 Å². The summed E-state index contributed by atoms with van der Waals surface area (Å²) in [7, 11) is 0. The quantitative estimate of drug-likeness (QED) is 0.731. The molecule has 4 nitrogen and oxygen atoms in total. The van der Waals surface area contributed by atoms with Crippen molar-refractivity contribution in [1.82, 2.24) is 0 Å². The lowest BCUT2D eigenvalue weighted by molar-refractivity contribution is -0.119. The van der Waals surface area contributed by atoms with Gasteiger partial charge in [0.2, 0.25) is 0 Å². The molecule has 0 saturated heterocycles. The molecule has 2 aromatic carbocycles. The van der Waals surface area contributed by atoms with Crippen molar-refractivity contribution in [2.45, 2.75) is 13.3 Å². The molecule has 0 spiro atoms. The molecule has 1 heterocycles. The van der Waals surface area contributed by atoms with Crippen molar-refractivity contribution in [2.75, 3.05) is 11.5 Å². The maximum Gasteiger partial charge on any atom is 0.277 e. The molecule has 1 aliphatic rings. The van der Waals surface area contributed by atoms with Gasteiger partial charge >= 0.3 is 0 Å². The van der Waals surface area contributed by atoms with Crippen LogP contribution in [0.5, 0.6) is 5.75 Å². The number of nitrogens with zero attached hydrogens (tertiary/aromatic N) is 1. The van der Waals surface area contributed by atoms with E-state index >= 15 is 0 Å². The van der Waals surface area contributed by atoms with Crippen LogP contribution >= 0.6 is 11.6 Å². The number of benzene rings is 2. The molecule has 3 rings (SSSR count). The van der Waals surface area contributed by atoms with Crippen molar-refractivity contribution in [3.63, 3.8) is 0 Å². The normalized spacial score (nSPS) is 14.4. The largest absolute Gasteiger partial charge is 0.494 e. The third-order valence-corrected chi connectivity index (χ3v) is 4.14. The van der Waals surface area contributed by atoms with Crippen LogP contribution in [0.1, 0.15) is 18.9 Å². The number of imide groups is 1. The number of hydrogen-bond donors (Lipinski definition) is 0. The number of anilines is 1. The van der Waals surface area contributed by atoms with Crippen LogP contribution < -0.4 is 9.64 Å². The van der Waals surface area contributed by atoms with E-state index in [9.17, 15) is 18.4 Å². The number of halogens is 3. The Kier molecular flexibility index (Phi) is 5.04. The minimum absolute atomic E-state index is 0.0673. The summed E-state index contributed by atoms with van der Waals surface area (Å²) in [5.41, 5.74) is -0.157. The molecule has 0 aromatic heterocycles. The molecule has 2 aromatic rings. The highest BCUT2D eigenvalue weighted by Gasteiger charge is 2.40. The van der Waals surface area contributed by atoms with E-state index in [0.717, 1.165) is 24.6 Å². The molecule has 26 heavy (non-hydrogen) atoms. The Hall–Kier alpha value is -2.73. The van der Waals surface area contributed by atoms with Crippen molar-refractivity contribution in [3.8, 4) is 5.75 Å². The van der Waals surface area contributed by atoms with Gasteiger partial charge in [-0.2, -0.15) is 0 Å². The summed E-state index contributed by atoms with van der Waals surface area (Å²) in [6.07, 6.45) is 0.847. The van der Waals surface area contributed by atoms with Crippen molar-refractivity contribution < 1.29 is 23.1 Å². The predicted octanol–water partition coefficient (Wildman–Crippen LogP) is 4.28. The molecule has 0 fully saturated rings. The maximum absolute atomic E-state index is 14.0. The van der Waals surface area contributed by atoms with Gasteiger partial charge in [-0.05, 0) is 36.2 Å². The van der Waals surface area contributed by atoms with Gasteiger partial charge in [-0.1, -0.05) is 30.7 Å². The van der Waals surface area contributed by atoms with Crippen molar-refractivity contribution in [1.29, 1.82) is 0 Å². The smallest absolute Gasteiger partial charge is 0.277 e. The van der Waals surface area contributed by atoms with Crippen LogP contribution in [0.3, 0.4) is 0 Å². The van der Waals surface area contributed by atoms with Gasteiger partial charge in [0.25, 0.3) is 11.8 Å². The number of rotatable bonds is 5. The third kappa shape index (κ3) is 3.20. The highest BCUT2D eigenvalue weighted by Crippen LogP contribution is 2.36. The highest BCUT2D eigenvalue weighted by atomic mass is 35.5. The second-order valence-corrected chi connectivity index (χ2v) is 5.98. The fourth-order valence-electron chi connectivity index (χ4n) is 2.57. The molecule has 2 amide bonds. The average Bonchev–Trinajstić information content (AvgIpc) is 2.85. The van der Waals surface area contributed by atoms with E-state index in [1.807, 2.05) is 6.92 Å². The van der Waals surface area contributed by atoms with Crippen LogP contribution in [-0.2, 0) is 9.59 Å². The monoisotopic (exact) mass is 377 g/mol. The SMILES string of the molecule is CCCOc1ccc(C2=C(Cl)C(=O)N(c3cc(F)ccc3F)C2=O)cc1. The molecular formula is C19H14ClF2NO3. The van der Waals surface area contributed by atoms with Crippen LogP contribution in [0.4, 0.5) is 14.5 Å². The molecule has 0 bridgehead atoms. The lowest BCUT2D eigenvalue weighted by Gasteiger charge is -2.15. The number of carbonyl (C=O) groups excluding carboxylic acids is 2. The van der Waals surface area contributed by atoms with E-state index in [4.69, 9.17) is 16.3 Å². The van der Waals surface area contributed by atoms with Crippen LogP contribution in [0.15, 0.2) is 47.5 Å². The summed E-state index contributed by atoms with van der Waals surface area (Å²) in [6, 6.07) is 8.97. The van der Waals surface area contributed by atoms with Crippen LogP contribution in [0.25, 0.3) is 5.57 Å². The Morgan fingerprint density at radius 2 is 1.73 bits per heavy atom. The van der Waals surface area contributed by atoms with Gasteiger partial charge in [-0.3, -0.25) is 9.59 Å². The predicted molar refractivity (Wildman–Crippen MR) is 93.9 cm³/mol. The van der Waals surface area contributed by atoms with E-state index in [1.54, 1.807) is 24.3 Å². The number of carbonyl (C=O) groups is 2. The summed E-state index contributed by atoms with van der Waals surface area (Å²) in [5, 5.41) is -0.346. The summed E-state index contributed by atoms with van der Waals surface area (Å²) in [6.45, 7) is 2.52. The topological polar surface area (TPSA) is 46.6 Å². The molecule has 0 aliphatic carbocycles. The molecule has 1 aliphatic heterocycles. The number of ether oxygens (including phenoxy) is 1. The zero-order valence-electron chi connectivity index (χ0n) is 13.8. The van der Waals surface area contributed by atoms with Gasteiger partial charge in [0.15, 0.2) is 0 Å². The first kappa shape index (κ1) is 18.1. The van der Waals surface area contributed by atoms with Crippen molar-refractivity contribution >= 4 is 34.7 Å². The van der Waals surface area contributed by atoms with Crippen molar-refractivity contribution in [2.24, 2.45) is 0 Å². The van der Waals surface area contributed by atoms with Crippen LogP contribution in [-0.4, -0.2) is 18.4 Å². The van der Waals surface area contributed by atoms with Gasteiger partial charge in [-0.25, -0.2) is 13.7 Å². The lowest BCUT2D eigenvalue weighted by Crippen LogP contribution is -2.32. The Morgan fingerprint density at radius 1 is 1.04 bits per heavy atom. The lowest BCUT2D eigenvalue weighted by atomic mass is 10.1. The number of hydrogen-bond acceptors (Lipinski definition) is 3. The fourth-order valence-corrected chi connectivity index (χ4v) is 2.84. The molecule has 7 heteroatoms. The Labute approximate surface area is 153 Å². The molecular weight excluding hydrogens is 364 g/mol. The molecule has 0 atom stereocenters. The standard InChI is InChI=1S/C19H14ClF2NO3/c1-2-9-26-13-6-3-11(4-7-13)16-17(20)19(25)23(18(16)24)15-10-12(21)5-8-14(15)22/h3-8,10H,2,9H2,1H3. The van der Waals surface area contributed by atoms with Gasteiger partial charge in [0.1, 0.15) is 22.4 Å². The minimum atomic E-state index is -0.901. The Bertz CT molecular complexity index is 910. The summed E-state index contributed by atoms with van der Waals surface area (Å²) >= 11 is 6.04. The average molecular weight is 378 g/mol. The molecule has 0 N–H and O–H groups in total. The molecule has 0 unspecified atom stereocenters. The molecule has 0 saturated carbocycles. The maximum atomic E-state index is 14.0. The summed E-state index contributed by atoms with van der Waals surface area (Å²) < 4.78 is 32.9. The summed E-state index contributed by atoms with van der Waals surface area (Å²) in [5.74, 6) is -2.78. The van der Waals surface area contributed by atoms with Gasteiger partial charge in [0, 0.05) is 6.07 Å². The highest BCUT2D eigenvalue weighted by molar-refractivity contribution is 6.60.